The molecule has 2 N–H and O–H groups in total. The molecule has 160 valence electrons. The second-order valence-electron chi connectivity index (χ2n) is 10.5. The summed E-state index contributed by atoms with van der Waals surface area (Å²) in [5, 5.41) is 6.57. The van der Waals surface area contributed by atoms with Crippen LogP contribution in [0.2, 0.25) is 0 Å². The predicted molar refractivity (Wildman–Crippen MR) is 120 cm³/mol. The van der Waals surface area contributed by atoms with Gasteiger partial charge in [-0.1, -0.05) is 17.7 Å². The second kappa shape index (κ2) is 7.47. The highest BCUT2D eigenvalue weighted by atomic mass is 16.2. The Hall–Kier alpha value is -2.23. The van der Waals surface area contributed by atoms with Crippen molar-refractivity contribution in [2.24, 2.45) is 17.8 Å². The van der Waals surface area contributed by atoms with E-state index in [4.69, 9.17) is 0 Å². The second-order valence-corrected chi connectivity index (χ2v) is 10.5. The van der Waals surface area contributed by atoms with Crippen LogP contribution < -0.4 is 10.6 Å². The Bertz CT molecular complexity index is 899. The predicted octanol–water partition coefficient (Wildman–Crippen LogP) is 5.23. The Morgan fingerprint density at radius 1 is 1.03 bits per heavy atom. The molecule has 6 rings (SSSR count). The molecule has 0 radical (unpaired) electrons. The summed E-state index contributed by atoms with van der Waals surface area (Å²) < 4.78 is 2.26. The fourth-order valence-electron chi connectivity index (χ4n) is 7.11. The van der Waals surface area contributed by atoms with Crippen molar-refractivity contribution in [1.29, 1.82) is 0 Å². The SMILES string of the molecule is Cc1cc(C)c(Cn2cccc2CNC(=O)NC23CC4CC(CC(C4)C2)C3)c(C)c1. The van der Waals surface area contributed by atoms with Crippen molar-refractivity contribution < 1.29 is 4.79 Å². The normalized spacial score (nSPS) is 29.2. The molecule has 1 heterocycles. The number of rotatable bonds is 5. The van der Waals surface area contributed by atoms with Crippen LogP contribution in [0, 0.1) is 38.5 Å². The molecule has 1 aromatic heterocycles. The number of urea groups is 1. The van der Waals surface area contributed by atoms with Crippen molar-refractivity contribution in [2.75, 3.05) is 0 Å². The van der Waals surface area contributed by atoms with Crippen LogP contribution in [-0.2, 0) is 13.1 Å². The number of carbonyl (C=O) groups excluding carboxylic acids is 1. The largest absolute Gasteiger partial charge is 0.345 e. The van der Waals surface area contributed by atoms with Crippen molar-refractivity contribution in [1.82, 2.24) is 15.2 Å². The molecule has 4 nitrogen and oxygen atoms in total. The zero-order valence-corrected chi connectivity index (χ0v) is 18.6. The van der Waals surface area contributed by atoms with E-state index in [1.54, 1.807) is 0 Å². The molecule has 0 saturated heterocycles. The molecule has 4 aliphatic carbocycles. The molecule has 1 aromatic carbocycles. The molecule has 4 fully saturated rings. The molecule has 0 aliphatic heterocycles. The summed E-state index contributed by atoms with van der Waals surface area (Å²) >= 11 is 0. The van der Waals surface area contributed by atoms with Gasteiger partial charge in [0.2, 0.25) is 0 Å². The number of aromatic nitrogens is 1. The van der Waals surface area contributed by atoms with Gasteiger partial charge in [-0.25, -0.2) is 4.79 Å². The first-order valence-electron chi connectivity index (χ1n) is 11.7. The minimum atomic E-state index is 0.00685. The number of hydrogen-bond donors (Lipinski definition) is 2. The van der Waals surface area contributed by atoms with E-state index in [1.165, 1.54) is 60.8 Å². The topological polar surface area (TPSA) is 46.1 Å². The molecule has 2 aromatic rings. The Balaban J connectivity index is 1.22. The van der Waals surface area contributed by atoms with Gasteiger partial charge in [0.15, 0.2) is 0 Å². The lowest BCUT2D eigenvalue weighted by atomic mass is 9.53. The van der Waals surface area contributed by atoms with E-state index >= 15 is 0 Å². The summed E-state index contributed by atoms with van der Waals surface area (Å²) in [4.78, 5) is 12.8. The summed E-state index contributed by atoms with van der Waals surface area (Å²) in [6, 6.07) is 8.70. The number of carbonyl (C=O) groups is 1. The highest BCUT2D eigenvalue weighted by Gasteiger charge is 2.51. The molecule has 4 heteroatoms. The Kier molecular flexibility index (Phi) is 4.91. The summed E-state index contributed by atoms with van der Waals surface area (Å²) in [7, 11) is 0. The van der Waals surface area contributed by atoms with Gasteiger partial charge in [0.05, 0.1) is 6.54 Å². The number of aryl methyl sites for hydroxylation is 3. The van der Waals surface area contributed by atoms with Gasteiger partial charge < -0.3 is 15.2 Å². The van der Waals surface area contributed by atoms with E-state index in [2.05, 4.69) is 66.4 Å². The van der Waals surface area contributed by atoms with Crippen LogP contribution in [0.3, 0.4) is 0 Å². The number of nitrogens with one attached hydrogen (secondary N) is 2. The van der Waals surface area contributed by atoms with Crippen LogP contribution in [0.5, 0.6) is 0 Å². The van der Waals surface area contributed by atoms with Crippen molar-refractivity contribution >= 4 is 6.03 Å². The first-order valence-corrected chi connectivity index (χ1v) is 11.7. The summed E-state index contributed by atoms with van der Waals surface area (Å²) in [6.45, 7) is 7.94. The van der Waals surface area contributed by atoms with Crippen molar-refractivity contribution in [3.8, 4) is 0 Å². The molecule has 0 spiro atoms. The lowest BCUT2D eigenvalue weighted by Gasteiger charge is -2.56. The number of nitrogens with zero attached hydrogens (tertiary/aromatic N) is 1. The molecule has 2 amide bonds. The monoisotopic (exact) mass is 405 g/mol. The Labute approximate surface area is 180 Å². The zero-order chi connectivity index (χ0) is 20.9. The van der Waals surface area contributed by atoms with Gasteiger partial charge in [-0.05, 0) is 106 Å². The first kappa shape index (κ1) is 19.7. The Morgan fingerprint density at radius 3 is 2.23 bits per heavy atom. The molecule has 4 aliphatic rings. The maximum atomic E-state index is 12.8. The fraction of sp³-hybridized carbons (Fsp3) is 0.577. The number of benzene rings is 1. The average molecular weight is 406 g/mol. The van der Waals surface area contributed by atoms with E-state index in [1.807, 2.05) is 0 Å². The van der Waals surface area contributed by atoms with Gasteiger partial charge in [-0.2, -0.15) is 0 Å². The summed E-state index contributed by atoms with van der Waals surface area (Å²) in [5.41, 5.74) is 6.56. The van der Waals surface area contributed by atoms with E-state index in [0.29, 0.717) is 6.54 Å². The van der Waals surface area contributed by atoms with E-state index in [0.717, 1.165) is 30.0 Å². The minimum Gasteiger partial charge on any atom is -0.345 e. The third-order valence-corrected chi connectivity index (χ3v) is 7.94. The van der Waals surface area contributed by atoms with Crippen molar-refractivity contribution in [3.05, 3.63) is 58.4 Å². The van der Waals surface area contributed by atoms with E-state index < -0.39 is 0 Å². The molecule has 30 heavy (non-hydrogen) atoms. The van der Waals surface area contributed by atoms with Gasteiger partial charge in [0.1, 0.15) is 0 Å². The maximum Gasteiger partial charge on any atom is 0.315 e. The fourth-order valence-corrected chi connectivity index (χ4v) is 7.11. The van der Waals surface area contributed by atoms with Gasteiger partial charge in [-0.3, -0.25) is 0 Å². The molecule has 0 unspecified atom stereocenters. The lowest BCUT2D eigenvalue weighted by molar-refractivity contribution is -0.0135. The van der Waals surface area contributed by atoms with Gasteiger partial charge in [-0.15, -0.1) is 0 Å². The van der Waals surface area contributed by atoms with Crippen LogP contribution in [0.4, 0.5) is 4.79 Å². The van der Waals surface area contributed by atoms with Crippen LogP contribution in [0.15, 0.2) is 30.5 Å². The maximum absolute atomic E-state index is 12.8. The lowest BCUT2D eigenvalue weighted by Crippen LogP contribution is -2.61. The molecular formula is C26H35N3O. The van der Waals surface area contributed by atoms with Gasteiger partial charge >= 0.3 is 6.03 Å². The van der Waals surface area contributed by atoms with Gasteiger partial charge in [0.25, 0.3) is 0 Å². The standard InChI is InChI=1S/C26H35N3O/c1-17-7-18(2)24(19(3)8-17)16-29-6-4-5-23(29)15-27-25(30)28-26-12-20-9-21(13-26)11-22(10-20)14-26/h4-8,20-22H,9-16H2,1-3H3,(H2,27,28,30). The zero-order valence-electron chi connectivity index (χ0n) is 18.6. The van der Waals surface area contributed by atoms with Crippen LogP contribution in [0.1, 0.15) is 66.5 Å². The molecule has 0 atom stereocenters. The first-order chi connectivity index (χ1) is 14.4. The van der Waals surface area contributed by atoms with Crippen molar-refractivity contribution in [2.45, 2.75) is 77.9 Å². The summed E-state index contributed by atoms with van der Waals surface area (Å²) in [6.07, 6.45) is 9.88. The third-order valence-electron chi connectivity index (χ3n) is 7.94. The highest BCUT2D eigenvalue weighted by molar-refractivity contribution is 5.74. The molecular weight excluding hydrogens is 370 g/mol. The van der Waals surface area contributed by atoms with Crippen LogP contribution in [-0.4, -0.2) is 16.1 Å². The molecule has 4 saturated carbocycles. The molecule has 4 bridgehead atoms. The van der Waals surface area contributed by atoms with Crippen LogP contribution in [0.25, 0.3) is 0 Å². The number of hydrogen-bond acceptors (Lipinski definition) is 1. The Morgan fingerprint density at radius 2 is 1.63 bits per heavy atom. The van der Waals surface area contributed by atoms with E-state index in [-0.39, 0.29) is 11.6 Å². The third kappa shape index (κ3) is 3.77. The van der Waals surface area contributed by atoms with Crippen LogP contribution >= 0.6 is 0 Å². The quantitative estimate of drug-likeness (QED) is 0.703. The minimum absolute atomic E-state index is 0.00685. The van der Waals surface area contributed by atoms with E-state index in [9.17, 15) is 4.79 Å². The van der Waals surface area contributed by atoms with Gasteiger partial charge in [0, 0.05) is 24.0 Å². The average Bonchev–Trinajstić information content (AvgIpc) is 3.08. The smallest absolute Gasteiger partial charge is 0.315 e. The van der Waals surface area contributed by atoms with Crippen molar-refractivity contribution in [3.63, 3.8) is 0 Å². The number of amides is 2. The summed E-state index contributed by atoms with van der Waals surface area (Å²) in [5.74, 6) is 2.53. The highest BCUT2D eigenvalue weighted by Crippen LogP contribution is 2.55.